The maximum Gasteiger partial charge on any atom is 0.200 e. The first-order valence-corrected chi connectivity index (χ1v) is 6.57. The SMILES string of the molecule is N#Cc1ccc(OCC(=O)c2ccc(Cl)c(Cl)c2)c(F)c1. The molecule has 2 aromatic carbocycles. The molecule has 0 aliphatic heterocycles. The molecule has 0 aromatic heterocycles. The summed E-state index contributed by atoms with van der Waals surface area (Å²) in [6, 6.07) is 9.98. The molecule has 0 atom stereocenters. The number of halogens is 3. The number of ketones is 1. The smallest absolute Gasteiger partial charge is 0.200 e. The number of benzene rings is 2. The Morgan fingerprint density at radius 1 is 1.19 bits per heavy atom. The third kappa shape index (κ3) is 3.72. The molecule has 0 aliphatic rings. The summed E-state index contributed by atoms with van der Waals surface area (Å²) in [5, 5.41) is 9.23. The number of nitrogens with zero attached hydrogens (tertiary/aromatic N) is 1. The molecule has 0 unspecified atom stereocenters. The Hall–Kier alpha value is -2.09. The fourth-order valence-corrected chi connectivity index (χ4v) is 1.88. The van der Waals surface area contributed by atoms with Crippen molar-refractivity contribution in [3.8, 4) is 11.8 Å². The van der Waals surface area contributed by atoms with Crippen molar-refractivity contribution in [3.63, 3.8) is 0 Å². The van der Waals surface area contributed by atoms with Crippen LogP contribution >= 0.6 is 23.2 Å². The van der Waals surface area contributed by atoms with Crippen LogP contribution in [-0.4, -0.2) is 12.4 Å². The largest absolute Gasteiger partial charge is 0.482 e. The predicted molar refractivity (Wildman–Crippen MR) is 77.4 cm³/mol. The van der Waals surface area contributed by atoms with Gasteiger partial charge in [0.2, 0.25) is 0 Å². The Morgan fingerprint density at radius 3 is 2.57 bits per heavy atom. The first-order chi connectivity index (χ1) is 10.0. The van der Waals surface area contributed by atoms with E-state index < -0.39 is 5.82 Å². The number of rotatable bonds is 4. The summed E-state index contributed by atoms with van der Waals surface area (Å²) in [7, 11) is 0. The second-order valence-electron chi connectivity index (χ2n) is 4.10. The van der Waals surface area contributed by atoms with E-state index >= 15 is 0 Å². The van der Waals surface area contributed by atoms with Crippen molar-refractivity contribution in [3.05, 3.63) is 63.4 Å². The van der Waals surface area contributed by atoms with Crippen LogP contribution in [0.15, 0.2) is 36.4 Å². The number of carbonyl (C=O) groups is 1. The Morgan fingerprint density at radius 2 is 1.95 bits per heavy atom. The van der Waals surface area contributed by atoms with Crippen LogP contribution in [-0.2, 0) is 0 Å². The quantitative estimate of drug-likeness (QED) is 0.789. The first-order valence-electron chi connectivity index (χ1n) is 5.82. The van der Waals surface area contributed by atoms with Gasteiger partial charge in [-0.1, -0.05) is 23.2 Å². The maximum absolute atomic E-state index is 13.6. The van der Waals surface area contributed by atoms with Crippen LogP contribution in [0, 0.1) is 17.1 Å². The zero-order valence-corrected chi connectivity index (χ0v) is 12.1. The molecule has 0 heterocycles. The van der Waals surface area contributed by atoms with E-state index in [2.05, 4.69) is 0 Å². The van der Waals surface area contributed by atoms with Gasteiger partial charge in [-0.15, -0.1) is 0 Å². The molecule has 6 heteroatoms. The molecule has 0 amide bonds. The molecule has 2 aromatic rings. The van der Waals surface area contributed by atoms with E-state index in [4.69, 9.17) is 33.2 Å². The Labute approximate surface area is 130 Å². The topological polar surface area (TPSA) is 50.1 Å². The van der Waals surface area contributed by atoms with Gasteiger partial charge in [-0.05, 0) is 36.4 Å². The van der Waals surface area contributed by atoms with Gasteiger partial charge in [-0.3, -0.25) is 4.79 Å². The highest BCUT2D eigenvalue weighted by atomic mass is 35.5. The number of Topliss-reactive ketones (excluding diaryl/α,β-unsaturated/α-hetero) is 1. The van der Waals surface area contributed by atoms with Crippen LogP contribution in [0.4, 0.5) is 4.39 Å². The second-order valence-corrected chi connectivity index (χ2v) is 4.91. The number of carbonyl (C=O) groups excluding carboxylic acids is 1. The summed E-state index contributed by atoms with van der Waals surface area (Å²) in [5.74, 6) is -1.16. The van der Waals surface area contributed by atoms with E-state index in [-0.39, 0.29) is 28.7 Å². The maximum atomic E-state index is 13.6. The van der Waals surface area contributed by atoms with Gasteiger partial charge in [-0.2, -0.15) is 5.26 Å². The van der Waals surface area contributed by atoms with Gasteiger partial charge in [0.15, 0.2) is 24.0 Å². The lowest BCUT2D eigenvalue weighted by Crippen LogP contribution is -2.12. The molecule has 0 fully saturated rings. The van der Waals surface area contributed by atoms with Gasteiger partial charge in [-0.25, -0.2) is 4.39 Å². The molecule has 0 aliphatic carbocycles. The van der Waals surface area contributed by atoms with Crippen LogP contribution in [0.1, 0.15) is 15.9 Å². The third-order valence-electron chi connectivity index (χ3n) is 2.66. The van der Waals surface area contributed by atoms with Crippen LogP contribution in [0.3, 0.4) is 0 Å². The molecular formula is C15H8Cl2FNO2. The summed E-state index contributed by atoms with van der Waals surface area (Å²) in [5.41, 5.74) is 0.495. The van der Waals surface area contributed by atoms with Crippen molar-refractivity contribution < 1.29 is 13.9 Å². The zero-order valence-electron chi connectivity index (χ0n) is 10.6. The van der Waals surface area contributed by atoms with Crippen molar-refractivity contribution in [1.82, 2.24) is 0 Å². The highest BCUT2D eigenvalue weighted by molar-refractivity contribution is 6.42. The third-order valence-corrected chi connectivity index (χ3v) is 3.40. The van der Waals surface area contributed by atoms with E-state index in [0.717, 1.165) is 6.07 Å². The van der Waals surface area contributed by atoms with Gasteiger partial charge in [0.25, 0.3) is 0 Å². The van der Waals surface area contributed by atoms with Gasteiger partial charge in [0.1, 0.15) is 0 Å². The number of hydrogen-bond acceptors (Lipinski definition) is 3. The molecule has 21 heavy (non-hydrogen) atoms. The van der Waals surface area contributed by atoms with Crippen LogP contribution in [0.25, 0.3) is 0 Å². The van der Waals surface area contributed by atoms with Crippen LogP contribution in [0.2, 0.25) is 10.0 Å². The summed E-state index contributed by atoms with van der Waals surface area (Å²) >= 11 is 11.6. The zero-order chi connectivity index (χ0) is 15.4. The fraction of sp³-hybridized carbons (Fsp3) is 0.0667. The van der Waals surface area contributed by atoms with Crippen molar-refractivity contribution in [2.24, 2.45) is 0 Å². The van der Waals surface area contributed by atoms with E-state index in [1.54, 1.807) is 0 Å². The molecule has 0 bridgehead atoms. The molecular weight excluding hydrogens is 316 g/mol. The summed E-state index contributed by atoms with van der Waals surface area (Å²) in [6.45, 7) is -0.346. The highest BCUT2D eigenvalue weighted by Gasteiger charge is 2.11. The lowest BCUT2D eigenvalue weighted by atomic mass is 10.1. The van der Waals surface area contributed by atoms with Crippen LogP contribution < -0.4 is 4.74 Å². The number of ether oxygens (including phenoxy) is 1. The van der Waals surface area contributed by atoms with E-state index in [0.29, 0.717) is 10.6 Å². The molecule has 0 saturated heterocycles. The predicted octanol–water partition coefficient (Wildman–Crippen LogP) is 4.27. The molecule has 0 saturated carbocycles. The van der Waals surface area contributed by atoms with E-state index in [9.17, 15) is 9.18 Å². The summed E-state index contributed by atoms with van der Waals surface area (Å²) in [4.78, 5) is 11.9. The Bertz CT molecular complexity index is 741. The second kappa shape index (κ2) is 6.57. The monoisotopic (exact) mass is 323 g/mol. The molecule has 0 N–H and O–H groups in total. The van der Waals surface area contributed by atoms with E-state index in [1.807, 2.05) is 6.07 Å². The van der Waals surface area contributed by atoms with Gasteiger partial charge < -0.3 is 4.74 Å². The van der Waals surface area contributed by atoms with Crippen molar-refractivity contribution in [2.45, 2.75) is 0 Å². The molecule has 2 rings (SSSR count). The van der Waals surface area contributed by atoms with E-state index in [1.165, 1.54) is 30.3 Å². The highest BCUT2D eigenvalue weighted by Crippen LogP contribution is 2.23. The lowest BCUT2D eigenvalue weighted by molar-refractivity contribution is 0.0919. The van der Waals surface area contributed by atoms with Crippen LogP contribution in [0.5, 0.6) is 5.75 Å². The van der Waals surface area contributed by atoms with Crippen molar-refractivity contribution >= 4 is 29.0 Å². The van der Waals surface area contributed by atoms with Crippen molar-refractivity contribution in [2.75, 3.05) is 6.61 Å². The minimum absolute atomic E-state index is 0.0950. The summed E-state index contributed by atoms with van der Waals surface area (Å²) < 4.78 is 18.7. The minimum atomic E-state index is -0.698. The average Bonchev–Trinajstić information content (AvgIpc) is 2.48. The average molecular weight is 324 g/mol. The Balaban J connectivity index is 2.07. The van der Waals surface area contributed by atoms with Crippen molar-refractivity contribution in [1.29, 1.82) is 5.26 Å². The van der Waals surface area contributed by atoms with Gasteiger partial charge >= 0.3 is 0 Å². The molecule has 0 radical (unpaired) electrons. The Kier molecular flexibility index (Phi) is 4.79. The molecule has 106 valence electrons. The number of hydrogen-bond donors (Lipinski definition) is 0. The molecule has 0 spiro atoms. The normalized spacial score (nSPS) is 10.0. The standard InChI is InChI=1S/C15H8Cl2FNO2/c16-11-3-2-10(6-12(11)17)14(20)8-21-15-4-1-9(7-19)5-13(15)18/h1-6H,8H2. The summed E-state index contributed by atoms with van der Waals surface area (Å²) in [6.07, 6.45) is 0. The lowest BCUT2D eigenvalue weighted by Gasteiger charge is -2.07. The number of nitriles is 1. The fourth-order valence-electron chi connectivity index (χ4n) is 1.58. The minimum Gasteiger partial charge on any atom is -0.482 e. The van der Waals surface area contributed by atoms with Gasteiger partial charge in [0, 0.05) is 5.56 Å². The van der Waals surface area contributed by atoms with Gasteiger partial charge in [0.05, 0.1) is 21.7 Å². The first kappa shape index (κ1) is 15.3. The molecule has 3 nitrogen and oxygen atoms in total.